The number of hydrogen-bond acceptors (Lipinski definition) is 4. The summed E-state index contributed by atoms with van der Waals surface area (Å²) < 4.78 is 1.94. The summed E-state index contributed by atoms with van der Waals surface area (Å²) >= 11 is 0. The maximum atomic E-state index is 4.61. The smallest absolute Gasteiger partial charge is 0.107 e. The molecule has 0 unspecified atom stereocenters. The molecule has 0 aliphatic carbocycles. The standard InChI is InChI=1S/C16H23N5/c1-3-21-16(6-7-19-21)15-11-17-14(10-18-15)9-13-5-4-8-20(2)12-13/h6-7,10-11,13H,3-5,8-9,12H2,1-2H3/t13-/m0/s1. The predicted molar refractivity (Wildman–Crippen MR) is 82.9 cm³/mol. The maximum Gasteiger partial charge on any atom is 0.107 e. The Hall–Kier alpha value is -1.75. The average molecular weight is 285 g/mol. The molecule has 21 heavy (non-hydrogen) atoms. The molecule has 1 fully saturated rings. The monoisotopic (exact) mass is 285 g/mol. The highest BCUT2D eigenvalue weighted by Crippen LogP contribution is 2.20. The molecule has 112 valence electrons. The molecule has 5 nitrogen and oxygen atoms in total. The second-order valence-corrected chi connectivity index (χ2v) is 5.90. The number of likely N-dealkylation sites (tertiary alicyclic amines) is 1. The zero-order chi connectivity index (χ0) is 14.7. The van der Waals surface area contributed by atoms with E-state index in [1.807, 2.05) is 29.3 Å². The van der Waals surface area contributed by atoms with E-state index in [0.29, 0.717) is 5.92 Å². The second-order valence-electron chi connectivity index (χ2n) is 5.90. The van der Waals surface area contributed by atoms with Gasteiger partial charge in [0.15, 0.2) is 0 Å². The van der Waals surface area contributed by atoms with Crippen LogP contribution in [0.1, 0.15) is 25.5 Å². The van der Waals surface area contributed by atoms with Crippen LogP contribution in [0.15, 0.2) is 24.7 Å². The molecule has 1 saturated heterocycles. The van der Waals surface area contributed by atoms with Crippen molar-refractivity contribution in [3.05, 3.63) is 30.4 Å². The average Bonchev–Trinajstić information content (AvgIpc) is 2.96. The van der Waals surface area contributed by atoms with Gasteiger partial charge in [-0.2, -0.15) is 5.10 Å². The first-order chi connectivity index (χ1) is 10.3. The molecule has 0 bridgehead atoms. The number of aryl methyl sites for hydroxylation is 1. The quantitative estimate of drug-likeness (QED) is 0.864. The van der Waals surface area contributed by atoms with Gasteiger partial charge in [-0.25, -0.2) is 0 Å². The number of hydrogen-bond donors (Lipinski definition) is 0. The van der Waals surface area contributed by atoms with Gasteiger partial charge < -0.3 is 4.90 Å². The fourth-order valence-electron chi connectivity index (χ4n) is 3.13. The minimum atomic E-state index is 0.713. The SMILES string of the molecule is CCn1nccc1-c1cnc(C[C@@H]2CCCN(C)C2)cn1. The number of nitrogens with zero attached hydrogens (tertiary/aromatic N) is 5. The summed E-state index contributed by atoms with van der Waals surface area (Å²) in [7, 11) is 2.20. The summed E-state index contributed by atoms with van der Waals surface area (Å²) in [4.78, 5) is 11.6. The largest absolute Gasteiger partial charge is 0.306 e. The fourth-order valence-corrected chi connectivity index (χ4v) is 3.13. The third-order valence-corrected chi connectivity index (χ3v) is 4.20. The Morgan fingerprint density at radius 1 is 1.29 bits per heavy atom. The van der Waals surface area contributed by atoms with Crippen LogP contribution in [0.3, 0.4) is 0 Å². The van der Waals surface area contributed by atoms with E-state index in [0.717, 1.165) is 30.0 Å². The third-order valence-electron chi connectivity index (χ3n) is 4.20. The van der Waals surface area contributed by atoms with Crippen molar-refractivity contribution in [3.63, 3.8) is 0 Å². The topological polar surface area (TPSA) is 46.8 Å². The van der Waals surface area contributed by atoms with Crippen LogP contribution < -0.4 is 0 Å². The van der Waals surface area contributed by atoms with E-state index >= 15 is 0 Å². The first-order valence-electron chi connectivity index (χ1n) is 7.78. The van der Waals surface area contributed by atoms with E-state index in [-0.39, 0.29) is 0 Å². The van der Waals surface area contributed by atoms with Crippen LogP contribution in [0, 0.1) is 5.92 Å². The third kappa shape index (κ3) is 3.29. The normalized spacial score (nSPS) is 19.8. The first kappa shape index (κ1) is 14.2. The van der Waals surface area contributed by atoms with E-state index in [2.05, 4.69) is 33.9 Å². The lowest BCUT2D eigenvalue weighted by Crippen LogP contribution is -2.33. The lowest BCUT2D eigenvalue weighted by atomic mass is 9.94. The molecule has 1 atom stereocenters. The van der Waals surface area contributed by atoms with Crippen LogP contribution in [0.25, 0.3) is 11.4 Å². The number of aromatic nitrogens is 4. The summed E-state index contributed by atoms with van der Waals surface area (Å²) in [5.41, 5.74) is 3.04. The van der Waals surface area contributed by atoms with Crippen molar-refractivity contribution in [2.24, 2.45) is 5.92 Å². The molecule has 5 heteroatoms. The molecule has 0 radical (unpaired) electrons. The molecule has 0 amide bonds. The molecule has 0 aromatic carbocycles. The van der Waals surface area contributed by atoms with Gasteiger partial charge in [0.05, 0.1) is 17.6 Å². The molecule has 2 aromatic heterocycles. The highest BCUT2D eigenvalue weighted by molar-refractivity contribution is 5.52. The zero-order valence-electron chi connectivity index (χ0n) is 12.9. The maximum absolute atomic E-state index is 4.61. The van der Waals surface area contributed by atoms with Crippen LogP contribution in [-0.2, 0) is 13.0 Å². The van der Waals surface area contributed by atoms with Crippen LogP contribution >= 0.6 is 0 Å². The molecule has 0 saturated carbocycles. The predicted octanol–water partition coefficient (Wildman–Crippen LogP) is 2.24. The van der Waals surface area contributed by atoms with E-state index in [1.54, 1.807) is 0 Å². The Morgan fingerprint density at radius 2 is 2.19 bits per heavy atom. The lowest BCUT2D eigenvalue weighted by Gasteiger charge is -2.29. The van der Waals surface area contributed by atoms with Crippen LogP contribution in [-0.4, -0.2) is 44.8 Å². The summed E-state index contributed by atoms with van der Waals surface area (Å²) in [5.74, 6) is 0.713. The van der Waals surface area contributed by atoms with Gasteiger partial charge in [0.1, 0.15) is 5.69 Å². The van der Waals surface area contributed by atoms with Crippen molar-refractivity contribution in [3.8, 4) is 11.4 Å². The van der Waals surface area contributed by atoms with Crippen LogP contribution in [0.2, 0.25) is 0 Å². The highest BCUT2D eigenvalue weighted by atomic mass is 15.3. The van der Waals surface area contributed by atoms with Gasteiger partial charge in [-0.05, 0) is 51.8 Å². The van der Waals surface area contributed by atoms with Gasteiger partial charge in [0, 0.05) is 25.5 Å². The molecule has 3 heterocycles. The van der Waals surface area contributed by atoms with E-state index in [1.165, 1.54) is 25.9 Å². The highest BCUT2D eigenvalue weighted by Gasteiger charge is 2.18. The minimum Gasteiger partial charge on any atom is -0.306 e. The molecule has 1 aliphatic rings. The van der Waals surface area contributed by atoms with Gasteiger partial charge in [0.2, 0.25) is 0 Å². The molecule has 1 aliphatic heterocycles. The Labute approximate surface area is 126 Å². The lowest BCUT2D eigenvalue weighted by molar-refractivity contribution is 0.208. The first-order valence-corrected chi connectivity index (χ1v) is 7.78. The Balaban J connectivity index is 1.69. The summed E-state index contributed by atoms with van der Waals surface area (Å²) in [5, 5.41) is 4.28. The molecule has 0 spiro atoms. The van der Waals surface area contributed by atoms with E-state index < -0.39 is 0 Å². The van der Waals surface area contributed by atoms with Gasteiger partial charge >= 0.3 is 0 Å². The van der Waals surface area contributed by atoms with Crippen molar-refractivity contribution in [1.29, 1.82) is 0 Å². The van der Waals surface area contributed by atoms with Crippen molar-refractivity contribution in [1.82, 2.24) is 24.6 Å². The molecule has 3 rings (SSSR count). The van der Waals surface area contributed by atoms with Gasteiger partial charge in [-0.15, -0.1) is 0 Å². The molecule has 2 aromatic rings. The number of rotatable bonds is 4. The molecular weight excluding hydrogens is 262 g/mol. The second kappa shape index (κ2) is 6.35. The van der Waals surface area contributed by atoms with Crippen LogP contribution in [0.4, 0.5) is 0 Å². The Morgan fingerprint density at radius 3 is 2.90 bits per heavy atom. The summed E-state index contributed by atoms with van der Waals surface area (Å²) in [6, 6.07) is 1.99. The summed E-state index contributed by atoms with van der Waals surface area (Å²) in [6.45, 7) is 5.33. The van der Waals surface area contributed by atoms with Crippen molar-refractivity contribution in [2.45, 2.75) is 32.7 Å². The minimum absolute atomic E-state index is 0.713. The fraction of sp³-hybridized carbons (Fsp3) is 0.562. The molecule has 0 N–H and O–H groups in total. The van der Waals surface area contributed by atoms with Crippen molar-refractivity contribution >= 4 is 0 Å². The zero-order valence-corrected chi connectivity index (χ0v) is 12.9. The van der Waals surface area contributed by atoms with E-state index in [9.17, 15) is 0 Å². The van der Waals surface area contributed by atoms with Crippen LogP contribution in [0.5, 0.6) is 0 Å². The van der Waals surface area contributed by atoms with Gasteiger partial charge in [-0.1, -0.05) is 0 Å². The number of piperidine rings is 1. The van der Waals surface area contributed by atoms with Gasteiger partial charge in [0.25, 0.3) is 0 Å². The van der Waals surface area contributed by atoms with Gasteiger partial charge in [-0.3, -0.25) is 14.6 Å². The Kier molecular flexibility index (Phi) is 4.29. The van der Waals surface area contributed by atoms with Crippen molar-refractivity contribution < 1.29 is 0 Å². The van der Waals surface area contributed by atoms with Crippen molar-refractivity contribution in [2.75, 3.05) is 20.1 Å². The Bertz CT molecular complexity index is 575. The van der Waals surface area contributed by atoms with E-state index in [4.69, 9.17) is 0 Å². The molecular formula is C16H23N5. The summed E-state index contributed by atoms with van der Waals surface area (Å²) in [6.07, 6.45) is 9.25.